The quantitative estimate of drug-likeness (QED) is 0.438. The second-order valence-corrected chi connectivity index (χ2v) is 3.99. The molecule has 0 fully saturated rings. The van der Waals surface area contributed by atoms with Crippen LogP contribution in [-0.2, 0) is 14.3 Å². The number of ketones is 1. The number of hydrogen-bond donors (Lipinski definition) is 1. The van der Waals surface area contributed by atoms with E-state index in [1.807, 2.05) is 12.2 Å². The van der Waals surface area contributed by atoms with Crippen molar-refractivity contribution in [1.82, 2.24) is 0 Å². The van der Waals surface area contributed by atoms with E-state index >= 15 is 0 Å². The van der Waals surface area contributed by atoms with Gasteiger partial charge in [-0.25, -0.2) is 0 Å². The minimum Gasteiger partial charge on any atom is -0.512 e. The number of methoxy groups -OCH3 is 1. The Bertz CT molecular complexity index is 352. The van der Waals surface area contributed by atoms with Gasteiger partial charge in [0.05, 0.1) is 12.9 Å². The van der Waals surface area contributed by atoms with Gasteiger partial charge in [-0.1, -0.05) is 12.2 Å². The molecule has 0 saturated carbocycles. The van der Waals surface area contributed by atoms with Crippen LogP contribution in [0.4, 0.5) is 0 Å². The molecule has 4 nitrogen and oxygen atoms in total. The minimum absolute atomic E-state index is 0.0433. The molecule has 94 valence electrons. The van der Waals surface area contributed by atoms with Gasteiger partial charge in [-0.15, -0.1) is 0 Å². The van der Waals surface area contributed by atoms with E-state index < -0.39 is 0 Å². The molecule has 0 aromatic rings. The molecule has 1 rings (SSSR count). The molecule has 0 atom stereocenters. The highest BCUT2D eigenvalue weighted by atomic mass is 16.5. The molecule has 1 N–H and O–H groups in total. The summed E-state index contributed by atoms with van der Waals surface area (Å²) in [6.45, 7) is 0. The summed E-state index contributed by atoms with van der Waals surface area (Å²) in [6, 6.07) is 0. The van der Waals surface area contributed by atoms with Crippen molar-refractivity contribution in [1.29, 1.82) is 0 Å². The van der Waals surface area contributed by atoms with Crippen molar-refractivity contribution < 1.29 is 19.4 Å². The van der Waals surface area contributed by atoms with Crippen LogP contribution in [0.2, 0.25) is 0 Å². The number of hydrogen-bond acceptors (Lipinski definition) is 4. The molecule has 0 aliphatic heterocycles. The van der Waals surface area contributed by atoms with Crippen LogP contribution < -0.4 is 0 Å². The third-order valence-electron chi connectivity index (χ3n) is 2.74. The Kier molecular flexibility index (Phi) is 5.46. The highest BCUT2D eigenvalue weighted by Crippen LogP contribution is 2.23. The van der Waals surface area contributed by atoms with Gasteiger partial charge in [0.25, 0.3) is 0 Å². The first kappa shape index (κ1) is 13.5. The van der Waals surface area contributed by atoms with E-state index in [-0.39, 0.29) is 17.5 Å². The van der Waals surface area contributed by atoms with Crippen LogP contribution in [0.5, 0.6) is 0 Å². The SMILES string of the molecule is COC(=O)CCCC=CCC1=C(O)CCC1=O. The van der Waals surface area contributed by atoms with Crippen molar-refractivity contribution in [3.05, 3.63) is 23.5 Å². The van der Waals surface area contributed by atoms with Crippen LogP contribution in [0.1, 0.15) is 38.5 Å². The Morgan fingerprint density at radius 3 is 2.76 bits per heavy atom. The van der Waals surface area contributed by atoms with E-state index in [0.29, 0.717) is 31.3 Å². The summed E-state index contributed by atoms with van der Waals surface area (Å²) in [5.41, 5.74) is 0.536. The Morgan fingerprint density at radius 2 is 2.18 bits per heavy atom. The third-order valence-corrected chi connectivity index (χ3v) is 2.74. The van der Waals surface area contributed by atoms with Crippen molar-refractivity contribution >= 4 is 11.8 Å². The van der Waals surface area contributed by atoms with Crippen molar-refractivity contribution in [2.45, 2.75) is 38.5 Å². The highest BCUT2D eigenvalue weighted by Gasteiger charge is 2.20. The third kappa shape index (κ3) is 4.43. The predicted octanol–water partition coefficient (Wildman–Crippen LogP) is 2.45. The van der Waals surface area contributed by atoms with Crippen molar-refractivity contribution in [2.75, 3.05) is 7.11 Å². The van der Waals surface area contributed by atoms with Gasteiger partial charge in [0, 0.05) is 24.8 Å². The first-order chi connectivity index (χ1) is 8.15. The Labute approximate surface area is 101 Å². The number of Topliss-reactive ketones (excluding diaryl/α,β-unsaturated/α-hetero) is 1. The van der Waals surface area contributed by atoms with Gasteiger partial charge in [0.1, 0.15) is 0 Å². The standard InChI is InChI=1S/C13H18O4/c1-17-13(16)7-5-3-2-4-6-10-11(14)8-9-12(10)15/h2,4,14H,3,5-9H2,1H3. The molecule has 0 unspecified atom stereocenters. The smallest absolute Gasteiger partial charge is 0.305 e. The highest BCUT2D eigenvalue weighted by molar-refractivity contribution is 5.98. The van der Waals surface area contributed by atoms with Crippen molar-refractivity contribution in [3.63, 3.8) is 0 Å². The molecule has 0 heterocycles. The second kappa shape index (κ2) is 6.89. The fraction of sp³-hybridized carbons (Fsp3) is 0.538. The summed E-state index contributed by atoms with van der Waals surface area (Å²) in [7, 11) is 1.37. The van der Waals surface area contributed by atoms with E-state index in [1.165, 1.54) is 7.11 Å². The number of aliphatic hydroxyl groups is 1. The van der Waals surface area contributed by atoms with E-state index in [0.717, 1.165) is 12.8 Å². The largest absolute Gasteiger partial charge is 0.512 e. The summed E-state index contributed by atoms with van der Waals surface area (Å²) in [5, 5.41) is 9.43. The number of aliphatic hydroxyl groups excluding tert-OH is 1. The van der Waals surface area contributed by atoms with E-state index in [4.69, 9.17) is 0 Å². The lowest BCUT2D eigenvalue weighted by Crippen LogP contribution is -1.98. The monoisotopic (exact) mass is 238 g/mol. The molecule has 1 aliphatic rings. The first-order valence-corrected chi connectivity index (χ1v) is 5.81. The molecule has 17 heavy (non-hydrogen) atoms. The fourth-order valence-electron chi connectivity index (χ4n) is 1.71. The average Bonchev–Trinajstić information content (AvgIpc) is 2.64. The van der Waals surface area contributed by atoms with Gasteiger partial charge in [-0.2, -0.15) is 0 Å². The summed E-state index contributed by atoms with van der Waals surface area (Å²) < 4.78 is 4.52. The Balaban J connectivity index is 2.20. The number of allylic oxidation sites excluding steroid dienone is 4. The van der Waals surface area contributed by atoms with Crippen LogP contribution in [0, 0.1) is 0 Å². The first-order valence-electron chi connectivity index (χ1n) is 5.81. The number of rotatable bonds is 6. The second-order valence-electron chi connectivity index (χ2n) is 3.99. The molecular weight excluding hydrogens is 220 g/mol. The van der Waals surface area contributed by atoms with E-state index in [1.54, 1.807) is 0 Å². The zero-order chi connectivity index (χ0) is 12.7. The summed E-state index contributed by atoms with van der Waals surface area (Å²) in [5.74, 6) is 0.0700. The number of esters is 1. The topological polar surface area (TPSA) is 63.6 Å². The van der Waals surface area contributed by atoms with Crippen LogP contribution in [0.3, 0.4) is 0 Å². The maximum atomic E-state index is 11.3. The van der Waals surface area contributed by atoms with E-state index in [2.05, 4.69) is 4.74 Å². The number of carbonyl (C=O) groups excluding carboxylic acids is 2. The molecule has 1 aliphatic carbocycles. The molecule has 0 bridgehead atoms. The zero-order valence-corrected chi connectivity index (χ0v) is 10.1. The van der Waals surface area contributed by atoms with Crippen LogP contribution in [0.15, 0.2) is 23.5 Å². The Morgan fingerprint density at radius 1 is 1.41 bits per heavy atom. The molecule has 0 spiro atoms. The molecule has 0 aromatic heterocycles. The van der Waals surface area contributed by atoms with Gasteiger partial charge in [0.15, 0.2) is 5.78 Å². The molecule has 0 aromatic carbocycles. The molecule has 0 radical (unpaired) electrons. The van der Waals surface area contributed by atoms with Gasteiger partial charge in [0.2, 0.25) is 0 Å². The van der Waals surface area contributed by atoms with Crippen molar-refractivity contribution in [2.24, 2.45) is 0 Å². The summed E-state index contributed by atoms with van der Waals surface area (Å²) in [4.78, 5) is 22.1. The van der Waals surface area contributed by atoms with Crippen molar-refractivity contribution in [3.8, 4) is 0 Å². The molecule has 0 saturated heterocycles. The van der Waals surface area contributed by atoms with Gasteiger partial charge < -0.3 is 9.84 Å². The van der Waals surface area contributed by atoms with Crippen LogP contribution >= 0.6 is 0 Å². The van der Waals surface area contributed by atoms with Crippen LogP contribution in [-0.4, -0.2) is 24.0 Å². The normalized spacial score (nSPS) is 15.9. The number of carbonyl (C=O) groups is 2. The zero-order valence-electron chi connectivity index (χ0n) is 10.1. The molecule has 0 amide bonds. The minimum atomic E-state index is -0.204. The summed E-state index contributed by atoms with van der Waals surface area (Å²) in [6.07, 6.45) is 7.11. The predicted molar refractivity (Wildman–Crippen MR) is 63.5 cm³/mol. The lowest BCUT2D eigenvalue weighted by Gasteiger charge is -1.97. The maximum absolute atomic E-state index is 11.3. The average molecular weight is 238 g/mol. The van der Waals surface area contributed by atoms with Gasteiger partial charge in [-0.05, 0) is 19.3 Å². The van der Waals surface area contributed by atoms with Gasteiger partial charge in [-0.3, -0.25) is 9.59 Å². The molecule has 4 heteroatoms. The summed E-state index contributed by atoms with van der Waals surface area (Å²) >= 11 is 0. The molecular formula is C13H18O4. The van der Waals surface area contributed by atoms with Crippen LogP contribution in [0.25, 0.3) is 0 Å². The number of unbranched alkanes of at least 4 members (excludes halogenated alkanes) is 1. The number of ether oxygens (including phenoxy) is 1. The van der Waals surface area contributed by atoms with E-state index in [9.17, 15) is 14.7 Å². The Hall–Kier alpha value is -1.58. The lowest BCUT2D eigenvalue weighted by atomic mass is 10.1. The van der Waals surface area contributed by atoms with Gasteiger partial charge >= 0.3 is 5.97 Å². The maximum Gasteiger partial charge on any atom is 0.305 e. The fourth-order valence-corrected chi connectivity index (χ4v) is 1.71. The lowest BCUT2D eigenvalue weighted by molar-refractivity contribution is -0.140.